The molecule has 0 aliphatic rings. The predicted octanol–water partition coefficient (Wildman–Crippen LogP) is 4.02. The summed E-state index contributed by atoms with van der Waals surface area (Å²) in [5, 5.41) is 0. The number of carbonyl (C=O) groups is 2. The van der Waals surface area contributed by atoms with Crippen molar-refractivity contribution in [1.29, 1.82) is 0 Å². The van der Waals surface area contributed by atoms with Crippen LogP contribution < -0.4 is 0 Å². The first-order chi connectivity index (χ1) is 14.2. The van der Waals surface area contributed by atoms with Crippen molar-refractivity contribution in [2.75, 3.05) is 13.2 Å². The summed E-state index contributed by atoms with van der Waals surface area (Å²) in [5.41, 5.74) is 3.14. The summed E-state index contributed by atoms with van der Waals surface area (Å²) < 4.78 is 10.2. The molecule has 2 aromatic carbocycles. The Labute approximate surface area is 169 Å². The summed E-state index contributed by atoms with van der Waals surface area (Å²) in [6.45, 7) is 3.66. The highest BCUT2D eigenvalue weighted by Crippen LogP contribution is 2.30. The van der Waals surface area contributed by atoms with Crippen molar-refractivity contribution in [1.82, 2.24) is 9.97 Å². The lowest BCUT2D eigenvalue weighted by molar-refractivity contribution is -0.157. The minimum absolute atomic E-state index is 0.149. The van der Waals surface area contributed by atoms with Crippen LogP contribution in [0.3, 0.4) is 0 Å². The average molecular weight is 390 g/mol. The number of carbonyl (C=O) groups excluding carboxylic acids is 2. The molecule has 3 aromatic rings. The van der Waals surface area contributed by atoms with Crippen molar-refractivity contribution < 1.29 is 19.1 Å². The van der Waals surface area contributed by atoms with Gasteiger partial charge in [-0.05, 0) is 13.8 Å². The molecule has 6 heteroatoms. The minimum atomic E-state index is -1.28. The summed E-state index contributed by atoms with van der Waals surface area (Å²) in [4.78, 5) is 34.2. The van der Waals surface area contributed by atoms with Gasteiger partial charge in [-0.2, -0.15) is 0 Å². The van der Waals surface area contributed by atoms with Crippen LogP contribution >= 0.6 is 0 Å². The quantitative estimate of drug-likeness (QED) is 0.448. The van der Waals surface area contributed by atoms with Crippen LogP contribution in [-0.4, -0.2) is 35.1 Å². The molecule has 1 aromatic heterocycles. The third-order valence-corrected chi connectivity index (χ3v) is 4.23. The standard InChI is InChI=1S/C23H22N2O4/c1-3-28-22(26)19(23(27)29-4-2)18-15-24-20(16-11-7-5-8-12-16)21(25-18)17-13-9-6-10-14-17/h5-15,19H,3-4H2,1-2H3. The molecule has 3 rings (SSSR count). The zero-order chi connectivity index (χ0) is 20.6. The molecule has 0 spiro atoms. The highest BCUT2D eigenvalue weighted by Gasteiger charge is 2.34. The number of benzene rings is 2. The Morgan fingerprint density at radius 1 is 0.793 bits per heavy atom. The van der Waals surface area contributed by atoms with Gasteiger partial charge in [0.15, 0.2) is 5.92 Å². The van der Waals surface area contributed by atoms with E-state index in [0.29, 0.717) is 11.4 Å². The van der Waals surface area contributed by atoms with Crippen molar-refractivity contribution in [3.63, 3.8) is 0 Å². The molecule has 0 unspecified atom stereocenters. The Kier molecular flexibility index (Phi) is 6.68. The van der Waals surface area contributed by atoms with Crippen LogP contribution in [0.25, 0.3) is 22.5 Å². The van der Waals surface area contributed by atoms with E-state index >= 15 is 0 Å². The van der Waals surface area contributed by atoms with Crippen molar-refractivity contribution >= 4 is 11.9 Å². The highest BCUT2D eigenvalue weighted by molar-refractivity contribution is 6.00. The normalized spacial score (nSPS) is 10.6. The van der Waals surface area contributed by atoms with Gasteiger partial charge in [-0.3, -0.25) is 14.6 Å². The van der Waals surface area contributed by atoms with Crippen LogP contribution in [-0.2, 0) is 19.1 Å². The third-order valence-electron chi connectivity index (χ3n) is 4.23. The van der Waals surface area contributed by atoms with Gasteiger partial charge in [0, 0.05) is 11.1 Å². The average Bonchev–Trinajstić information content (AvgIpc) is 2.75. The molecule has 0 atom stereocenters. The number of hydrogen-bond donors (Lipinski definition) is 0. The molecule has 6 nitrogen and oxygen atoms in total. The zero-order valence-electron chi connectivity index (χ0n) is 16.4. The van der Waals surface area contributed by atoms with Gasteiger partial charge in [0.25, 0.3) is 0 Å². The first kappa shape index (κ1) is 20.2. The Hall–Kier alpha value is -3.54. The largest absolute Gasteiger partial charge is 0.465 e. The van der Waals surface area contributed by atoms with Crippen LogP contribution in [0.4, 0.5) is 0 Å². The lowest BCUT2D eigenvalue weighted by Gasteiger charge is -2.16. The van der Waals surface area contributed by atoms with Gasteiger partial charge >= 0.3 is 11.9 Å². The highest BCUT2D eigenvalue weighted by atomic mass is 16.6. The van der Waals surface area contributed by atoms with Crippen molar-refractivity contribution in [3.05, 3.63) is 72.6 Å². The van der Waals surface area contributed by atoms with Gasteiger partial charge in [-0.15, -0.1) is 0 Å². The minimum Gasteiger partial charge on any atom is -0.465 e. The van der Waals surface area contributed by atoms with Gasteiger partial charge in [0.2, 0.25) is 0 Å². The van der Waals surface area contributed by atoms with E-state index in [1.54, 1.807) is 13.8 Å². The Balaban J connectivity index is 2.15. The van der Waals surface area contributed by atoms with Gasteiger partial charge in [-0.1, -0.05) is 60.7 Å². The first-order valence-electron chi connectivity index (χ1n) is 9.46. The van der Waals surface area contributed by atoms with Crippen molar-refractivity contribution in [2.45, 2.75) is 19.8 Å². The predicted molar refractivity (Wildman–Crippen MR) is 109 cm³/mol. The molecular formula is C23H22N2O4. The van der Waals surface area contributed by atoms with E-state index in [1.165, 1.54) is 6.20 Å². The molecule has 0 saturated heterocycles. The summed E-state index contributed by atoms with van der Waals surface area (Å²) in [7, 11) is 0. The molecule has 1 heterocycles. The van der Waals surface area contributed by atoms with Gasteiger partial charge in [0.05, 0.1) is 36.5 Å². The molecule has 0 aliphatic carbocycles. The molecule has 0 N–H and O–H groups in total. The second-order valence-electron chi connectivity index (χ2n) is 6.16. The second-order valence-corrected chi connectivity index (χ2v) is 6.16. The van der Waals surface area contributed by atoms with Crippen LogP contribution in [0.5, 0.6) is 0 Å². The number of ether oxygens (including phenoxy) is 2. The summed E-state index contributed by atoms with van der Waals surface area (Å²) >= 11 is 0. The molecule has 0 fully saturated rings. The molecule has 148 valence electrons. The van der Waals surface area contributed by atoms with E-state index < -0.39 is 17.9 Å². The second kappa shape index (κ2) is 9.59. The van der Waals surface area contributed by atoms with Gasteiger partial charge < -0.3 is 9.47 Å². The number of aromatic nitrogens is 2. The number of hydrogen-bond acceptors (Lipinski definition) is 6. The fraction of sp³-hybridized carbons (Fsp3) is 0.217. The van der Waals surface area contributed by atoms with E-state index in [0.717, 1.165) is 11.1 Å². The molecular weight excluding hydrogens is 368 g/mol. The SMILES string of the molecule is CCOC(=O)C(C(=O)OCC)c1cnc(-c2ccccc2)c(-c2ccccc2)n1. The molecule has 29 heavy (non-hydrogen) atoms. The van der Waals surface area contributed by atoms with Gasteiger partial charge in [-0.25, -0.2) is 4.98 Å². The van der Waals surface area contributed by atoms with E-state index in [4.69, 9.17) is 9.47 Å². The summed E-state index contributed by atoms with van der Waals surface area (Å²) in [5.74, 6) is -2.69. The maximum Gasteiger partial charge on any atom is 0.326 e. The Morgan fingerprint density at radius 2 is 1.28 bits per heavy atom. The topological polar surface area (TPSA) is 78.4 Å². The molecule has 0 bridgehead atoms. The Morgan fingerprint density at radius 3 is 1.76 bits per heavy atom. The monoisotopic (exact) mass is 390 g/mol. The molecule has 0 saturated carbocycles. The third kappa shape index (κ3) is 4.66. The fourth-order valence-corrected chi connectivity index (χ4v) is 2.94. The van der Waals surface area contributed by atoms with E-state index in [-0.39, 0.29) is 18.9 Å². The smallest absolute Gasteiger partial charge is 0.326 e. The van der Waals surface area contributed by atoms with Crippen molar-refractivity contribution in [3.8, 4) is 22.5 Å². The zero-order valence-corrected chi connectivity index (χ0v) is 16.4. The van der Waals surface area contributed by atoms with Crippen LogP contribution in [0.1, 0.15) is 25.5 Å². The summed E-state index contributed by atoms with van der Waals surface area (Å²) in [6, 6.07) is 19.1. The number of nitrogens with zero attached hydrogens (tertiary/aromatic N) is 2. The summed E-state index contributed by atoms with van der Waals surface area (Å²) in [6.07, 6.45) is 1.44. The van der Waals surface area contributed by atoms with Crippen molar-refractivity contribution in [2.24, 2.45) is 0 Å². The van der Waals surface area contributed by atoms with Crippen LogP contribution in [0.2, 0.25) is 0 Å². The van der Waals surface area contributed by atoms with E-state index in [2.05, 4.69) is 9.97 Å². The molecule has 0 radical (unpaired) electrons. The lowest BCUT2D eigenvalue weighted by atomic mass is 10.0. The van der Waals surface area contributed by atoms with Crippen LogP contribution in [0.15, 0.2) is 66.9 Å². The number of rotatable bonds is 7. The maximum absolute atomic E-state index is 12.5. The maximum atomic E-state index is 12.5. The van der Waals surface area contributed by atoms with E-state index in [1.807, 2.05) is 60.7 Å². The number of esters is 2. The molecule has 0 aliphatic heterocycles. The fourth-order valence-electron chi connectivity index (χ4n) is 2.94. The Bertz CT molecular complexity index is 957. The van der Waals surface area contributed by atoms with Gasteiger partial charge in [0.1, 0.15) is 0 Å². The first-order valence-corrected chi connectivity index (χ1v) is 9.46. The molecule has 0 amide bonds. The lowest BCUT2D eigenvalue weighted by Crippen LogP contribution is -2.27. The van der Waals surface area contributed by atoms with Crippen LogP contribution in [0, 0.1) is 0 Å². The van der Waals surface area contributed by atoms with E-state index in [9.17, 15) is 9.59 Å².